The molecule has 0 saturated heterocycles. The second-order valence-electron chi connectivity index (χ2n) is 9.44. The SMILES string of the molecule is C[C@@H](COc1ncc2nc(-c3ncc(OC[C@H]4CC4(F)F)cc3F)oc2c1F)NC(=O)OC(C)(C)C. The molecule has 3 heterocycles. The van der Waals surface area contributed by atoms with Gasteiger partial charge >= 0.3 is 6.09 Å². The van der Waals surface area contributed by atoms with Gasteiger partial charge in [0.25, 0.3) is 11.8 Å². The van der Waals surface area contributed by atoms with Gasteiger partial charge in [-0.05, 0) is 27.7 Å². The molecule has 2 atom stereocenters. The lowest BCUT2D eigenvalue weighted by atomic mass is 10.2. The van der Waals surface area contributed by atoms with E-state index in [0.717, 1.165) is 12.3 Å². The van der Waals surface area contributed by atoms with E-state index in [1.165, 1.54) is 6.20 Å². The zero-order valence-electron chi connectivity index (χ0n) is 19.9. The average Bonchev–Trinajstić information content (AvgIpc) is 3.16. The predicted octanol–water partition coefficient (Wildman–Crippen LogP) is 4.89. The van der Waals surface area contributed by atoms with E-state index in [4.69, 9.17) is 18.6 Å². The number of aromatic nitrogens is 3. The Morgan fingerprint density at radius 3 is 2.61 bits per heavy atom. The van der Waals surface area contributed by atoms with Gasteiger partial charge in [-0.1, -0.05) is 0 Å². The van der Waals surface area contributed by atoms with E-state index >= 15 is 0 Å². The fourth-order valence-electron chi connectivity index (χ4n) is 3.11. The fourth-order valence-corrected chi connectivity index (χ4v) is 3.11. The highest BCUT2D eigenvalue weighted by Gasteiger charge is 2.57. The minimum atomic E-state index is -2.75. The van der Waals surface area contributed by atoms with Crippen LogP contribution in [-0.4, -0.2) is 51.8 Å². The number of nitrogens with one attached hydrogen (secondary N) is 1. The van der Waals surface area contributed by atoms with Crippen molar-refractivity contribution in [3.05, 3.63) is 30.1 Å². The number of hydrogen-bond acceptors (Lipinski definition) is 8. The van der Waals surface area contributed by atoms with Crippen LogP contribution in [0.1, 0.15) is 34.1 Å². The van der Waals surface area contributed by atoms with Gasteiger partial charge in [-0.2, -0.15) is 4.39 Å². The first kappa shape index (κ1) is 25.5. The maximum Gasteiger partial charge on any atom is 0.407 e. The van der Waals surface area contributed by atoms with Gasteiger partial charge in [0.15, 0.2) is 17.1 Å². The minimum absolute atomic E-state index is 0.00716. The maximum absolute atomic E-state index is 14.9. The molecule has 1 N–H and O–H groups in total. The van der Waals surface area contributed by atoms with E-state index in [-0.39, 0.29) is 48.1 Å². The van der Waals surface area contributed by atoms with Crippen molar-refractivity contribution in [3.8, 4) is 23.2 Å². The average molecular weight is 512 g/mol. The number of pyridine rings is 2. The van der Waals surface area contributed by atoms with Crippen LogP contribution in [0, 0.1) is 17.6 Å². The molecule has 0 unspecified atom stereocenters. The van der Waals surface area contributed by atoms with Crippen LogP contribution in [0.4, 0.5) is 22.4 Å². The number of alkyl halides is 2. The third-order valence-electron chi connectivity index (χ3n) is 5.00. The number of carbonyl (C=O) groups is 1. The van der Waals surface area contributed by atoms with Crippen LogP contribution in [-0.2, 0) is 4.74 Å². The second kappa shape index (κ2) is 9.43. The zero-order valence-corrected chi connectivity index (χ0v) is 19.9. The largest absolute Gasteiger partial charge is 0.491 e. The van der Waals surface area contributed by atoms with Crippen LogP contribution in [0.25, 0.3) is 22.7 Å². The Balaban J connectivity index is 1.42. The van der Waals surface area contributed by atoms with Crippen LogP contribution in [0.2, 0.25) is 0 Å². The first-order valence-corrected chi connectivity index (χ1v) is 11.1. The molecule has 0 aromatic carbocycles. The zero-order chi connectivity index (χ0) is 26.3. The number of amides is 1. The quantitative estimate of drug-likeness (QED) is 0.425. The number of alkyl carbamates (subject to hydrolysis) is 1. The number of hydrogen-bond donors (Lipinski definition) is 1. The van der Waals surface area contributed by atoms with Gasteiger partial charge in [-0.25, -0.2) is 32.9 Å². The van der Waals surface area contributed by atoms with Crippen molar-refractivity contribution in [1.29, 1.82) is 0 Å². The maximum atomic E-state index is 14.9. The summed E-state index contributed by atoms with van der Waals surface area (Å²) in [4.78, 5) is 23.6. The van der Waals surface area contributed by atoms with Crippen molar-refractivity contribution in [2.75, 3.05) is 13.2 Å². The van der Waals surface area contributed by atoms with E-state index in [9.17, 15) is 22.4 Å². The van der Waals surface area contributed by atoms with E-state index in [0.29, 0.717) is 0 Å². The molecular formula is C23H24F4N4O5. The molecule has 9 nitrogen and oxygen atoms in total. The molecule has 1 amide bonds. The Labute approximate surface area is 203 Å². The van der Waals surface area contributed by atoms with Gasteiger partial charge in [0.2, 0.25) is 11.7 Å². The Morgan fingerprint density at radius 1 is 1.25 bits per heavy atom. The Morgan fingerprint density at radius 2 is 1.97 bits per heavy atom. The van der Waals surface area contributed by atoms with Crippen molar-refractivity contribution in [3.63, 3.8) is 0 Å². The number of fused-ring (bicyclic) bond motifs is 1. The smallest absolute Gasteiger partial charge is 0.407 e. The van der Waals surface area contributed by atoms with Crippen molar-refractivity contribution in [2.24, 2.45) is 5.92 Å². The molecule has 4 rings (SSSR count). The summed E-state index contributed by atoms with van der Waals surface area (Å²) in [5.74, 6) is -6.28. The summed E-state index contributed by atoms with van der Waals surface area (Å²) in [7, 11) is 0. The minimum Gasteiger partial charge on any atom is -0.491 e. The van der Waals surface area contributed by atoms with E-state index in [1.54, 1.807) is 27.7 Å². The molecule has 1 fully saturated rings. The van der Waals surface area contributed by atoms with E-state index < -0.39 is 47.1 Å². The van der Waals surface area contributed by atoms with E-state index in [2.05, 4.69) is 20.3 Å². The van der Waals surface area contributed by atoms with Gasteiger partial charge in [0, 0.05) is 12.5 Å². The Bertz CT molecular complexity index is 1280. The summed E-state index contributed by atoms with van der Waals surface area (Å²) in [6.45, 7) is 6.40. The number of carbonyl (C=O) groups excluding carboxylic acids is 1. The molecule has 36 heavy (non-hydrogen) atoms. The molecule has 1 saturated carbocycles. The standard InChI is InChI=1S/C23H24F4N4O5/c1-11(30-21(32)36-22(2,3)4)9-34-19-16(25)18-15(8-29-19)31-20(35-18)17-14(24)5-13(7-28-17)33-10-12-6-23(12,26)27/h5,7-8,11-12H,6,9-10H2,1-4H3,(H,30,32)/t11-,12+/m0/s1. The molecule has 0 radical (unpaired) electrons. The van der Waals surface area contributed by atoms with Crippen molar-refractivity contribution >= 4 is 17.2 Å². The first-order chi connectivity index (χ1) is 16.8. The molecule has 1 aliphatic carbocycles. The number of rotatable bonds is 8. The molecule has 194 valence electrons. The van der Waals surface area contributed by atoms with Crippen LogP contribution in [0.3, 0.4) is 0 Å². The molecule has 0 bridgehead atoms. The van der Waals surface area contributed by atoms with E-state index in [1.807, 2.05) is 0 Å². The predicted molar refractivity (Wildman–Crippen MR) is 118 cm³/mol. The second-order valence-corrected chi connectivity index (χ2v) is 9.44. The fraction of sp³-hybridized carbons (Fsp3) is 0.478. The molecule has 0 aliphatic heterocycles. The topological polar surface area (TPSA) is 109 Å². The summed E-state index contributed by atoms with van der Waals surface area (Å²) < 4.78 is 76.5. The highest BCUT2D eigenvalue weighted by molar-refractivity contribution is 5.76. The third-order valence-corrected chi connectivity index (χ3v) is 5.00. The molecule has 3 aromatic heterocycles. The van der Waals surface area contributed by atoms with Gasteiger partial charge in [0.05, 0.1) is 31.0 Å². The lowest BCUT2D eigenvalue weighted by molar-refractivity contribution is 0.0492. The van der Waals surface area contributed by atoms with Gasteiger partial charge in [0.1, 0.15) is 23.5 Å². The highest BCUT2D eigenvalue weighted by Crippen LogP contribution is 2.48. The Kier molecular flexibility index (Phi) is 6.67. The lowest BCUT2D eigenvalue weighted by Gasteiger charge is -2.21. The van der Waals surface area contributed by atoms with Gasteiger partial charge < -0.3 is 23.9 Å². The molecule has 3 aromatic rings. The van der Waals surface area contributed by atoms with Gasteiger partial charge in [-0.15, -0.1) is 0 Å². The molecule has 13 heteroatoms. The summed E-state index contributed by atoms with van der Waals surface area (Å²) in [6, 6.07) is 0.423. The van der Waals surface area contributed by atoms with Crippen LogP contribution in [0.15, 0.2) is 22.9 Å². The van der Waals surface area contributed by atoms with Crippen molar-refractivity contribution in [1.82, 2.24) is 20.3 Å². The van der Waals surface area contributed by atoms with Gasteiger partial charge in [-0.3, -0.25) is 0 Å². The van der Waals surface area contributed by atoms with Crippen molar-refractivity contribution in [2.45, 2.75) is 51.7 Å². The molecular weight excluding hydrogens is 488 g/mol. The summed E-state index contributed by atoms with van der Waals surface area (Å²) in [6.07, 6.45) is 1.39. The highest BCUT2D eigenvalue weighted by atomic mass is 19.3. The monoisotopic (exact) mass is 512 g/mol. The summed E-state index contributed by atoms with van der Waals surface area (Å²) in [5.41, 5.74) is -1.34. The number of nitrogens with zero attached hydrogens (tertiary/aromatic N) is 3. The summed E-state index contributed by atoms with van der Waals surface area (Å²) in [5, 5.41) is 2.55. The molecule has 0 spiro atoms. The number of halogens is 4. The van der Waals surface area contributed by atoms with Crippen LogP contribution < -0.4 is 14.8 Å². The summed E-state index contributed by atoms with van der Waals surface area (Å²) >= 11 is 0. The third kappa shape index (κ3) is 5.94. The Hall–Kier alpha value is -3.64. The van der Waals surface area contributed by atoms with Crippen LogP contribution >= 0.6 is 0 Å². The van der Waals surface area contributed by atoms with Crippen LogP contribution in [0.5, 0.6) is 11.6 Å². The van der Waals surface area contributed by atoms with Crippen molar-refractivity contribution < 1.29 is 41.0 Å². The number of ether oxygens (including phenoxy) is 3. The normalized spacial score (nSPS) is 17.5. The lowest BCUT2D eigenvalue weighted by Crippen LogP contribution is -2.40. The first-order valence-electron chi connectivity index (χ1n) is 11.1. The molecule has 1 aliphatic rings. The number of oxazole rings is 1.